The van der Waals surface area contributed by atoms with Gasteiger partial charge in [-0.05, 0) is 20.3 Å². The number of carboxylic acids is 1. The van der Waals surface area contributed by atoms with Gasteiger partial charge in [-0.15, -0.1) is 0 Å². The molecule has 0 aromatic heterocycles. The fraction of sp³-hybridized carbons (Fsp3) is 0.833. The Labute approximate surface area is 109 Å². The van der Waals surface area contributed by atoms with Crippen molar-refractivity contribution in [3.63, 3.8) is 0 Å². The first kappa shape index (κ1) is 16.7. The van der Waals surface area contributed by atoms with Crippen molar-refractivity contribution in [2.45, 2.75) is 26.7 Å². The van der Waals surface area contributed by atoms with Gasteiger partial charge in [0.15, 0.2) is 0 Å². The van der Waals surface area contributed by atoms with Crippen molar-refractivity contribution in [3.8, 4) is 0 Å². The molecule has 0 radical (unpaired) electrons. The highest BCUT2D eigenvalue weighted by Crippen LogP contribution is 2.00. The Kier molecular flexibility index (Phi) is 9.00. The first-order valence-electron chi connectivity index (χ1n) is 6.32. The van der Waals surface area contributed by atoms with E-state index in [1.807, 2.05) is 13.8 Å². The summed E-state index contributed by atoms with van der Waals surface area (Å²) in [4.78, 5) is 25.6. The van der Waals surface area contributed by atoms with Gasteiger partial charge in [0.2, 0.25) is 0 Å². The van der Waals surface area contributed by atoms with Crippen LogP contribution in [0.2, 0.25) is 0 Å². The molecule has 0 rings (SSSR count). The highest BCUT2D eigenvalue weighted by Gasteiger charge is 2.15. The molecule has 6 nitrogen and oxygen atoms in total. The Morgan fingerprint density at radius 2 is 1.89 bits per heavy atom. The van der Waals surface area contributed by atoms with Gasteiger partial charge in [0.1, 0.15) is 0 Å². The Bertz CT molecular complexity index is 258. The molecule has 0 aliphatic heterocycles. The van der Waals surface area contributed by atoms with Gasteiger partial charge in [-0.25, -0.2) is 4.79 Å². The molecule has 0 aliphatic rings. The van der Waals surface area contributed by atoms with Crippen LogP contribution >= 0.6 is 0 Å². The number of carboxylic acid groups (broad SMARTS) is 1. The maximum atomic E-state index is 12.0. The summed E-state index contributed by atoms with van der Waals surface area (Å²) in [5.74, 6) is -0.834. The summed E-state index contributed by atoms with van der Waals surface area (Å²) in [6, 6.07) is -0.0809. The van der Waals surface area contributed by atoms with Gasteiger partial charge in [0.05, 0.1) is 6.61 Å². The van der Waals surface area contributed by atoms with Crippen molar-refractivity contribution in [2.75, 3.05) is 39.9 Å². The highest BCUT2D eigenvalue weighted by molar-refractivity contribution is 5.74. The number of hydrogen-bond acceptors (Lipinski definition) is 3. The van der Waals surface area contributed by atoms with Crippen LogP contribution in [0.4, 0.5) is 4.79 Å². The van der Waals surface area contributed by atoms with E-state index in [1.165, 1.54) is 0 Å². The van der Waals surface area contributed by atoms with Crippen LogP contribution in [0.1, 0.15) is 26.7 Å². The van der Waals surface area contributed by atoms with Crippen molar-refractivity contribution >= 4 is 12.0 Å². The number of aliphatic carboxylic acids is 1. The van der Waals surface area contributed by atoms with Crippen LogP contribution in [0.15, 0.2) is 0 Å². The summed E-state index contributed by atoms with van der Waals surface area (Å²) in [6.07, 6.45) is 0.559. The van der Waals surface area contributed by atoms with Gasteiger partial charge in [-0.1, -0.05) is 0 Å². The van der Waals surface area contributed by atoms with Gasteiger partial charge in [-0.3, -0.25) is 4.79 Å². The molecular weight excluding hydrogens is 236 g/mol. The van der Waals surface area contributed by atoms with E-state index < -0.39 is 5.97 Å². The minimum Gasteiger partial charge on any atom is -0.481 e. The Hall–Kier alpha value is -1.30. The van der Waals surface area contributed by atoms with E-state index in [2.05, 4.69) is 0 Å². The molecule has 0 unspecified atom stereocenters. The van der Waals surface area contributed by atoms with Gasteiger partial charge >= 0.3 is 12.0 Å². The van der Waals surface area contributed by atoms with Gasteiger partial charge in [-0.2, -0.15) is 0 Å². The van der Waals surface area contributed by atoms with E-state index in [4.69, 9.17) is 9.84 Å². The predicted molar refractivity (Wildman–Crippen MR) is 68.6 cm³/mol. The molecule has 2 amide bonds. The first-order chi connectivity index (χ1) is 8.52. The second-order valence-corrected chi connectivity index (χ2v) is 3.98. The van der Waals surface area contributed by atoms with E-state index in [9.17, 15) is 9.59 Å². The number of hydrogen-bond donors (Lipinski definition) is 1. The number of carbonyl (C=O) groups excluding carboxylic acids is 1. The highest BCUT2D eigenvalue weighted by atomic mass is 16.5. The summed E-state index contributed by atoms with van der Waals surface area (Å²) >= 11 is 0. The lowest BCUT2D eigenvalue weighted by atomic mass is 10.3. The molecular formula is C12H24N2O4. The summed E-state index contributed by atoms with van der Waals surface area (Å²) in [5, 5.41) is 8.53. The maximum Gasteiger partial charge on any atom is 0.319 e. The standard InChI is InChI=1S/C12H24N2O4/c1-4-14(9-10-18-5-2)12(17)13(3)8-6-7-11(15)16/h4-10H2,1-3H3,(H,15,16). The third-order valence-corrected chi connectivity index (χ3v) is 2.57. The molecule has 0 heterocycles. The van der Waals surface area contributed by atoms with Gasteiger partial charge < -0.3 is 19.6 Å². The third-order valence-electron chi connectivity index (χ3n) is 2.57. The molecule has 18 heavy (non-hydrogen) atoms. The Balaban J connectivity index is 4.02. The number of nitrogens with zero attached hydrogens (tertiary/aromatic N) is 2. The molecule has 0 aliphatic carbocycles. The number of likely N-dealkylation sites (N-methyl/N-ethyl adjacent to an activating group) is 1. The van der Waals surface area contributed by atoms with Crippen molar-refractivity contribution < 1.29 is 19.4 Å². The summed E-state index contributed by atoms with van der Waals surface area (Å²) in [6.45, 7) is 6.63. The van der Waals surface area contributed by atoms with Crippen LogP contribution in [-0.4, -0.2) is 66.8 Å². The zero-order valence-corrected chi connectivity index (χ0v) is 11.5. The maximum absolute atomic E-state index is 12.0. The van der Waals surface area contributed by atoms with E-state index in [0.29, 0.717) is 39.3 Å². The number of amides is 2. The van der Waals surface area contributed by atoms with E-state index in [1.54, 1.807) is 16.8 Å². The van der Waals surface area contributed by atoms with Crippen LogP contribution in [0.5, 0.6) is 0 Å². The second kappa shape index (κ2) is 9.70. The molecule has 0 bridgehead atoms. The molecule has 0 saturated heterocycles. The van der Waals surface area contributed by atoms with E-state index >= 15 is 0 Å². The summed E-state index contributed by atoms with van der Waals surface area (Å²) in [5.41, 5.74) is 0. The van der Waals surface area contributed by atoms with Crippen LogP contribution in [0.25, 0.3) is 0 Å². The fourth-order valence-electron chi connectivity index (χ4n) is 1.51. The molecule has 1 N–H and O–H groups in total. The average Bonchev–Trinajstić information content (AvgIpc) is 2.33. The van der Waals surface area contributed by atoms with Crippen molar-refractivity contribution in [2.24, 2.45) is 0 Å². The van der Waals surface area contributed by atoms with Crippen LogP contribution in [0.3, 0.4) is 0 Å². The van der Waals surface area contributed by atoms with Crippen LogP contribution < -0.4 is 0 Å². The summed E-state index contributed by atoms with van der Waals surface area (Å²) in [7, 11) is 1.69. The minimum absolute atomic E-state index is 0.0809. The smallest absolute Gasteiger partial charge is 0.319 e. The van der Waals surface area contributed by atoms with Gasteiger partial charge in [0.25, 0.3) is 0 Å². The van der Waals surface area contributed by atoms with Crippen molar-refractivity contribution in [1.29, 1.82) is 0 Å². The number of rotatable bonds is 9. The SMILES string of the molecule is CCOCCN(CC)C(=O)N(C)CCCC(=O)O. The molecule has 0 fully saturated rings. The molecule has 0 spiro atoms. The Morgan fingerprint density at radius 1 is 1.22 bits per heavy atom. The van der Waals surface area contributed by atoms with E-state index in [-0.39, 0.29) is 12.5 Å². The van der Waals surface area contributed by atoms with Crippen molar-refractivity contribution in [1.82, 2.24) is 9.80 Å². The quantitative estimate of drug-likeness (QED) is 0.634. The van der Waals surface area contributed by atoms with E-state index in [0.717, 1.165) is 0 Å². The fourth-order valence-corrected chi connectivity index (χ4v) is 1.51. The van der Waals surface area contributed by atoms with Crippen LogP contribution in [-0.2, 0) is 9.53 Å². The first-order valence-corrected chi connectivity index (χ1v) is 6.32. The zero-order valence-electron chi connectivity index (χ0n) is 11.5. The van der Waals surface area contributed by atoms with Crippen molar-refractivity contribution in [3.05, 3.63) is 0 Å². The molecule has 0 aromatic rings. The average molecular weight is 260 g/mol. The summed E-state index contributed by atoms with van der Waals surface area (Å²) < 4.78 is 5.22. The largest absolute Gasteiger partial charge is 0.481 e. The predicted octanol–water partition coefficient (Wildman–Crippen LogP) is 1.26. The third kappa shape index (κ3) is 7.11. The van der Waals surface area contributed by atoms with Crippen LogP contribution in [0, 0.1) is 0 Å². The number of carbonyl (C=O) groups is 2. The van der Waals surface area contributed by atoms with Gasteiger partial charge in [0, 0.05) is 39.7 Å². The molecule has 0 aromatic carbocycles. The number of ether oxygens (including phenoxy) is 1. The zero-order chi connectivity index (χ0) is 14.0. The second-order valence-electron chi connectivity index (χ2n) is 3.98. The molecule has 0 saturated carbocycles. The number of urea groups is 1. The molecule has 6 heteroatoms. The lowest BCUT2D eigenvalue weighted by Gasteiger charge is -2.27. The normalized spacial score (nSPS) is 10.2. The lowest BCUT2D eigenvalue weighted by Crippen LogP contribution is -2.43. The Morgan fingerprint density at radius 3 is 2.39 bits per heavy atom. The topological polar surface area (TPSA) is 70.1 Å². The minimum atomic E-state index is -0.834. The monoisotopic (exact) mass is 260 g/mol. The lowest BCUT2D eigenvalue weighted by molar-refractivity contribution is -0.137. The molecule has 0 atom stereocenters. The molecule has 106 valence electrons.